The van der Waals surface area contributed by atoms with E-state index in [9.17, 15) is 0 Å². The van der Waals surface area contributed by atoms with Crippen LogP contribution in [0.5, 0.6) is 0 Å². The molecule has 0 amide bonds. The van der Waals surface area contributed by atoms with Crippen molar-refractivity contribution in [1.82, 2.24) is 0 Å². The van der Waals surface area contributed by atoms with Crippen molar-refractivity contribution in [3.05, 3.63) is 0 Å². The zero-order valence-corrected chi connectivity index (χ0v) is 9.67. The van der Waals surface area contributed by atoms with Gasteiger partial charge in [-0.2, -0.15) is 0 Å². The van der Waals surface area contributed by atoms with Crippen LogP contribution in [0.3, 0.4) is 0 Å². The lowest BCUT2D eigenvalue weighted by Gasteiger charge is -2.25. The molecule has 2 fully saturated rings. The van der Waals surface area contributed by atoms with Gasteiger partial charge in [0.1, 0.15) is 0 Å². The van der Waals surface area contributed by atoms with Gasteiger partial charge in [-0.05, 0) is 50.9 Å². The minimum atomic E-state index is 0.499. The first kappa shape index (κ1) is 10.5. The van der Waals surface area contributed by atoms with Crippen LogP contribution in [0.4, 0.5) is 0 Å². The number of hydrogen-bond donors (Lipinski definition) is 0. The fourth-order valence-corrected chi connectivity index (χ4v) is 3.21. The van der Waals surface area contributed by atoms with Crippen LogP contribution in [0.25, 0.3) is 0 Å². The van der Waals surface area contributed by atoms with Gasteiger partial charge in [0.2, 0.25) is 0 Å². The average molecular weight is 196 g/mol. The Morgan fingerprint density at radius 1 is 1.29 bits per heavy atom. The molecule has 2 aliphatic rings. The molecule has 0 radical (unpaired) electrons. The highest BCUT2D eigenvalue weighted by molar-refractivity contribution is 4.91. The molecule has 0 spiro atoms. The first-order valence-electron chi connectivity index (χ1n) is 6.45. The third-order valence-corrected chi connectivity index (χ3v) is 4.04. The van der Waals surface area contributed by atoms with Gasteiger partial charge in [-0.15, -0.1) is 0 Å². The fourth-order valence-electron chi connectivity index (χ4n) is 3.21. The highest BCUT2D eigenvalue weighted by atomic mass is 16.5. The zero-order chi connectivity index (χ0) is 9.97. The molecule has 4 unspecified atom stereocenters. The summed E-state index contributed by atoms with van der Waals surface area (Å²) in [5.41, 5.74) is 0. The summed E-state index contributed by atoms with van der Waals surface area (Å²) in [6.45, 7) is 4.51. The van der Waals surface area contributed by atoms with E-state index in [-0.39, 0.29) is 0 Å². The monoisotopic (exact) mass is 196 g/mol. The summed E-state index contributed by atoms with van der Waals surface area (Å²) in [5, 5.41) is 0. The minimum Gasteiger partial charge on any atom is -0.375 e. The molecule has 0 aliphatic heterocycles. The largest absolute Gasteiger partial charge is 0.375 e. The minimum absolute atomic E-state index is 0.499. The van der Waals surface area contributed by atoms with Crippen LogP contribution in [0.15, 0.2) is 0 Å². The highest BCUT2D eigenvalue weighted by Crippen LogP contribution is 2.46. The van der Waals surface area contributed by atoms with Gasteiger partial charge in [0.25, 0.3) is 0 Å². The predicted octanol–water partition coefficient (Wildman–Crippen LogP) is 3.77. The van der Waals surface area contributed by atoms with Crippen molar-refractivity contribution >= 4 is 0 Å². The Morgan fingerprint density at radius 2 is 2.14 bits per heavy atom. The van der Waals surface area contributed by atoms with Crippen molar-refractivity contribution in [1.29, 1.82) is 0 Å². The van der Waals surface area contributed by atoms with Gasteiger partial charge in [0, 0.05) is 0 Å². The summed E-state index contributed by atoms with van der Waals surface area (Å²) in [7, 11) is 0. The maximum Gasteiger partial charge on any atom is 0.0609 e. The summed E-state index contributed by atoms with van der Waals surface area (Å²) >= 11 is 0. The summed E-state index contributed by atoms with van der Waals surface area (Å²) < 4.78 is 6.15. The molecular weight excluding hydrogens is 172 g/mol. The standard InChI is InChI=1S/C13H24O/c1-3-4-5-10(2)14-13-9-11-6-7-12(13)8-11/h10-13H,3-9H2,1-2H3. The van der Waals surface area contributed by atoms with Crippen molar-refractivity contribution in [2.45, 2.75) is 71.0 Å². The van der Waals surface area contributed by atoms with E-state index in [2.05, 4.69) is 13.8 Å². The topological polar surface area (TPSA) is 9.23 Å². The molecule has 0 saturated heterocycles. The Labute approximate surface area is 88.2 Å². The van der Waals surface area contributed by atoms with Crippen LogP contribution in [0, 0.1) is 11.8 Å². The van der Waals surface area contributed by atoms with Gasteiger partial charge in [0.15, 0.2) is 0 Å². The molecule has 1 heteroatoms. The molecule has 2 aliphatic carbocycles. The first-order chi connectivity index (χ1) is 6.79. The van der Waals surface area contributed by atoms with Gasteiger partial charge < -0.3 is 4.74 Å². The molecule has 0 aromatic heterocycles. The zero-order valence-electron chi connectivity index (χ0n) is 9.67. The molecule has 0 aromatic carbocycles. The summed E-state index contributed by atoms with van der Waals surface area (Å²) in [5.74, 6) is 1.94. The molecule has 82 valence electrons. The molecule has 4 atom stereocenters. The Kier molecular flexibility index (Phi) is 3.48. The van der Waals surface area contributed by atoms with Gasteiger partial charge >= 0.3 is 0 Å². The van der Waals surface area contributed by atoms with Crippen LogP contribution in [-0.2, 0) is 4.74 Å². The van der Waals surface area contributed by atoms with Crippen molar-refractivity contribution in [2.75, 3.05) is 0 Å². The molecule has 2 bridgehead atoms. The summed E-state index contributed by atoms with van der Waals surface area (Å²) in [4.78, 5) is 0. The lowest BCUT2D eigenvalue weighted by molar-refractivity contribution is -0.0347. The van der Waals surface area contributed by atoms with Gasteiger partial charge in [-0.25, -0.2) is 0 Å². The van der Waals surface area contributed by atoms with E-state index in [0.717, 1.165) is 11.8 Å². The van der Waals surface area contributed by atoms with Crippen molar-refractivity contribution in [3.8, 4) is 0 Å². The maximum atomic E-state index is 6.15. The fraction of sp³-hybridized carbons (Fsp3) is 1.00. The third-order valence-electron chi connectivity index (χ3n) is 4.04. The van der Waals surface area contributed by atoms with E-state index in [4.69, 9.17) is 4.74 Å². The second-order valence-corrected chi connectivity index (χ2v) is 5.30. The highest BCUT2D eigenvalue weighted by Gasteiger charge is 2.40. The molecule has 1 nitrogen and oxygen atoms in total. The number of hydrogen-bond acceptors (Lipinski definition) is 1. The molecule has 14 heavy (non-hydrogen) atoms. The number of ether oxygens (including phenoxy) is 1. The van der Waals surface area contributed by atoms with E-state index in [1.54, 1.807) is 0 Å². The summed E-state index contributed by atoms with van der Waals surface area (Å²) in [6, 6.07) is 0. The Bertz CT molecular complexity index is 178. The lowest BCUT2D eigenvalue weighted by Crippen LogP contribution is -2.25. The third kappa shape index (κ3) is 2.31. The van der Waals surface area contributed by atoms with Crippen LogP contribution in [0.1, 0.15) is 58.8 Å². The molecule has 2 rings (SSSR count). The molecule has 0 heterocycles. The van der Waals surface area contributed by atoms with Crippen molar-refractivity contribution < 1.29 is 4.74 Å². The smallest absolute Gasteiger partial charge is 0.0609 e. The number of rotatable bonds is 5. The molecule has 0 N–H and O–H groups in total. The Hall–Kier alpha value is -0.0400. The Morgan fingerprint density at radius 3 is 2.71 bits per heavy atom. The summed E-state index contributed by atoms with van der Waals surface area (Å²) in [6.07, 6.45) is 10.7. The first-order valence-corrected chi connectivity index (χ1v) is 6.45. The quantitative estimate of drug-likeness (QED) is 0.650. The number of fused-ring (bicyclic) bond motifs is 2. The van der Waals surface area contributed by atoms with E-state index in [0.29, 0.717) is 12.2 Å². The van der Waals surface area contributed by atoms with E-state index in [1.807, 2.05) is 0 Å². The van der Waals surface area contributed by atoms with Gasteiger partial charge in [-0.1, -0.05) is 19.8 Å². The van der Waals surface area contributed by atoms with Gasteiger partial charge in [-0.3, -0.25) is 0 Å². The van der Waals surface area contributed by atoms with Crippen LogP contribution < -0.4 is 0 Å². The maximum absolute atomic E-state index is 6.15. The van der Waals surface area contributed by atoms with E-state index in [1.165, 1.54) is 44.9 Å². The van der Waals surface area contributed by atoms with E-state index < -0.39 is 0 Å². The van der Waals surface area contributed by atoms with Crippen LogP contribution >= 0.6 is 0 Å². The molecule has 0 aromatic rings. The second kappa shape index (κ2) is 4.65. The predicted molar refractivity (Wildman–Crippen MR) is 59.3 cm³/mol. The molecular formula is C13H24O. The van der Waals surface area contributed by atoms with E-state index >= 15 is 0 Å². The normalized spacial score (nSPS) is 37.7. The number of unbranched alkanes of at least 4 members (excludes halogenated alkanes) is 1. The SMILES string of the molecule is CCCCC(C)OC1CC2CCC1C2. The lowest BCUT2D eigenvalue weighted by atomic mass is 9.97. The average Bonchev–Trinajstić information content (AvgIpc) is 2.76. The van der Waals surface area contributed by atoms with Crippen LogP contribution in [0.2, 0.25) is 0 Å². The van der Waals surface area contributed by atoms with Crippen molar-refractivity contribution in [3.63, 3.8) is 0 Å². The molecule has 2 saturated carbocycles. The second-order valence-electron chi connectivity index (χ2n) is 5.30. The van der Waals surface area contributed by atoms with Crippen molar-refractivity contribution in [2.24, 2.45) is 11.8 Å². The van der Waals surface area contributed by atoms with Crippen LogP contribution in [-0.4, -0.2) is 12.2 Å². The van der Waals surface area contributed by atoms with Gasteiger partial charge in [0.05, 0.1) is 12.2 Å². The Balaban J connectivity index is 1.70.